The van der Waals surface area contributed by atoms with E-state index in [0.717, 1.165) is 44.5 Å². The molecule has 8 aromatic carbocycles. The molecule has 130 heavy (non-hydrogen) atoms. The molecule has 0 spiro atoms. The van der Waals surface area contributed by atoms with Gasteiger partial charge in [-0.15, -0.1) is 0 Å². The lowest BCUT2D eigenvalue weighted by Gasteiger charge is -2.19. The number of nitrogens with zero attached hydrogens (tertiary/aromatic N) is 13. The number of aryl methyl sites for hydroxylation is 6. The summed E-state index contributed by atoms with van der Waals surface area (Å²) in [4.78, 5) is 75.2. The van der Waals surface area contributed by atoms with Crippen LogP contribution in [0.3, 0.4) is 0 Å². The number of aromatic nitrogens is 8. The molecule has 12 rings (SSSR count). The van der Waals surface area contributed by atoms with Crippen LogP contribution in [0, 0.1) is 24.0 Å². The molecule has 0 amide bonds. The van der Waals surface area contributed by atoms with Crippen molar-refractivity contribution in [3.05, 3.63) is 283 Å². The maximum absolute atomic E-state index is 11.2. The van der Waals surface area contributed by atoms with Crippen molar-refractivity contribution in [2.75, 3.05) is 26.2 Å². The number of halogens is 5. The Morgan fingerprint density at radius 2 is 0.623 bits per heavy atom. The largest absolute Gasteiger partial charge is 0.504 e. The zero-order chi connectivity index (χ0) is 95.8. The van der Waals surface area contributed by atoms with Crippen LogP contribution < -0.4 is 0 Å². The van der Waals surface area contributed by atoms with Crippen molar-refractivity contribution in [3.63, 3.8) is 0 Å². The van der Waals surface area contributed by atoms with Gasteiger partial charge in [0, 0.05) is 102 Å². The molecule has 0 fully saturated rings. The molecule has 674 valence electrons. The third-order valence-corrected chi connectivity index (χ3v) is 23.0. The van der Waals surface area contributed by atoms with Crippen LogP contribution in [0.25, 0.3) is 45.0 Å². The second kappa shape index (κ2) is 44.7. The van der Waals surface area contributed by atoms with Crippen molar-refractivity contribution in [1.29, 1.82) is 0 Å². The van der Waals surface area contributed by atoms with Gasteiger partial charge in [-0.25, -0.2) is 19.2 Å². The summed E-state index contributed by atoms with van der Waals surface area (Å²) in [5, 5.41) is 110. The van der Waals surface area contributed by atoms with E-state index < -0.39 is 34.5 Å². The minimum Gasteiger partial charge on any atom is -0.504 e. The molecule has 0 atom stereocenters. The normalized spacial score (nSPS) is 11.7. The zero-order valence-corrected chi connectivity index (χ0v) is 79.7. The molecular formula is C94H90Cl5N13O14S4. The van der Waals surface area contributed by atoms with Crippen LogP contribution >= 0.6 is 107 Å². The van der Waals surface area contributed by atoms with Gasteiger partial charge in [0.2, 0.25) is 0 Å². The summed E-state index contributed by atoms with van der Waals surface area (Å²) in [7, 11) is 7.02. The fourth-order valence-electron chi connectivity index (χ4n) is 13.3. The smallest absolute Gasteiger partial charge is 0.342 e. The summed E-state index contributed by atoms with van der Waals surface area (Å²) in [6, 6.07) is 46.9. The summed E-state index contributed by atoms with van der Waals surface area (Å²) in [5.41, 5.74) is 15.0. The Kier molecular flexibility index (Phi) is 34.9. The highest BCUT2D eigenvalue weighted by Gasteiger charge is 2.27. The quantitative estimate of drug-likeness (QED) is 0.00934. The van der Waals surface area contributed by atoms with Crippen LogP contribution in [0.15, 0.2) is 184 Å². The third-order valence-electron chi connectivity index (χ3n) is 20.2. The summed E-state index contributed by atoms with van der Waals surface area (Å²) >= 11 is 51.8. The number of carboxylic acids is 4. The molecule has 0 aliphatic rings. The van der Waals surface area contributed by atoms with E-state index in [0.29, 0.717) is 128 Å². The number of rotatable bonds is 29. The van der Waals surface area contributed by atoms with Crippen molar-refractivity contribution in [2.24, 2.45) is 48.2 Å². The summed E-state index contributed by atoms with van der Waals surface area (Å²) in [6.07, 6.45) is 1.50. The molecular weight excluding hydrogens is 1840 g/mol. The highest BCUT2D eigenvalue weighted by molar-refractivity contribution is 7.81. The number of thiocarbonyl (C=S) groups is 4. The van der Waals surface area contributed by atoms with Gasteiger partial charge in [0.25, 0.3) is 5.69 Å². The molecule has 0 unspecified atom stereocenters. The Morgan fingerprint density at radius 1 is 0.369 bits per heavy atom. The highest BCUT2D eigenvalue weighted by atomic mass is 35.5. The molecule has 0 saturated heterocycles. The van der Waals surface area contributed by atoms with Gasteiger partial charge < -0.3 is 40.9 Å². The van der Waals surface area contributed by atoms with E-state index in [-0.39, 0.29) is 98.3 Å². The van der Waals surface area contributed by atoms with Gasteiger partial charge in [0.1, 0.15) is 51.1 Å². The minimum absolute atomic E-state index is 0.0194. The van der Waals surface area contributed by atoms with Gasteiger partial charge in [0.15, 0.2) is 23.0 Å². The Morgan fingerprint density at radius 3 is 0.877 bits per heavy atom. The number of nitro benzene ring substituents is 1. The number of hydrogen-bond acceptors (Lipinski definition) is 22. The number of carbonyl (C=O) groups is 4. The maximum atomic E-state index is 11.2. The third kappa shape index (κ3) is 26.2. The zero-order valence-electron chi connectivity index (χ0n) is 72.6. The monoisotopic (exact) mass is 1930 g/mol. The molecule has 4 heterocycles. The van der Waals surface area contributed by atoms with Gasteiger partial charge in [-0.1, -0.05) is 242 Å². The lowest BCUT2D eigenvalue weighted by atomic mass is 9.86. The average molecular weight is 1930 g/mol. The van der Waals surface area contributed by atoms with E-state index in [9.17, 15) is 49.7 Å². The van der Waals surface area contributed by atoms with Gasteiger partial charge >= 0.3 is 23.9 Å². The molecule has 0 radical (unpaired) electrons. The topological polar surface area (TPSA) is 394 Å². The van der Waals surface area contributed by atoms with E-state index in [1.165, 1.54) is 42.0 Å². The SMILES string of the molecule is CC(=NCC(=S)Cc1ccc(C(=O)O)c(Cl)c1)c1nn(C)c(-c2ccc(C(C)(C)C)cc2)c1O.CC(=NCC(=S)Cc1ccc(C(=O)O)c(Cl)c1)c1nn(C)c(-c2ccc(C)cc2)c1O.CC(=NCC(=S)Cc1ccc(C(=O)O)c(Cl)c1)c1nn(C)c(-c2ccc(Cl)c(Cl)c2)c1O.CC(=NCC(=S)Cc1ccc(C(=O)O)c([N+](=O)[O-])c1)c1nn(C)c(-c2ccc(C)cc2)c1O. The number of nitro groups is 1. The number of hydrogen-bond donors (Lipinski definition) is 8. The van der Waals surface area contributed by atoms with Crippen molar-refractivity contribution >= 4 is 179 Å². The number of aromatic hydroxyl groups is 4. The lowest BCUT2D eigenvalue weighted by Crippen LogP contribution is -2.10. The van der Waals surface area contributed by atoms with Gasteiger partial charge in [0.05, 0.1) is 95.8 Å². The van der Waals surface area contributed by atoms with E-state index in [1.807, 2.05) is 74.5 Å². The molecule has 4 aromatic heterocycles. The van der Waals surface area contributed by atoms with Gasteiger partial charge in [-0.05, 0) is 129 Å². The van der Waals surface area contributed by atoms with E-state index in [1.54, 1.807) is 129 Å². The lowest BCUT2D eigenvalue weighted by molar-refractivity contribution is -0.385. The number of benzene rings is 8. The van der Waals surface area contributed by atoms with Gasteiger partial charge in [-0.2, -0.15) is 20.4 Å². The predicted molar refractivity (Wildman–Crippen MR) is 528 cm³/mol. The van der Waals surface area contributed by atoms with Crippen LogP contribution in [-0.2, 0) is 59.3 Å². The van der Waals surface area contributed by atoms with Crippen LogP contribution in [0.5, 0.6) is 23.0 Å². The van der Waals surface area contributed by atoms with Crippen LogP contribution in [0.2, 0.25) is 25.1 Å². The standard InChI is InChI=1S/C26H28ClN3O3S.C23H22ClN3O3S.C23H22N4O5S.C22H18Cl3N3O3S/c1-15(28-14-19(34)12-16-6-11-20(25(32)33)21(27)13-16)22-24(31)23(30(5)29-22)17-7-9-18(10-8-17)26(2,3)4;1-13-4-7-16(8-5-13)21-22(28)20(26-27(21)3)14(2)25-12-17(31)10-15-6-9-18(23(29)30)19(24)11-15;1-13-4-7-16(8-5-13)21-22(28)20(25-26(21)3)14(2)24-12-17(33)10-15-6-9-18(23(29)30)19(11-15)27(31)32;1-11(26-10-14(32)7-12-3-5-15(22(30)31)17(24)8-12)19-21(29)20(28(2)27-19)13-4-6-16(23)18(25)9-13/h6-11,13,31H,12,14H2,1-5H3,(H,32,33);4-9,11,28H,10,12H2,1-3H3,(H,29,30);4-9,11,28H,10,12H2,1-3H3,(H,29,30);3-6,8-9,29H,7,10H2,1-2H3,(H,30,31). The van der Waals surface area contributed by atoms with E-state index >= 15 is 0 Å². The van der Waals surface area contributed by atoms with Crippen LogP contribution in [0.4, 0.5) is 5.69 Å². The highest BCUT2D eigenvalue weighted by Crippen LogP contribution is 2.39. The minimum atomic E-state index is -1.36. The first-order valence-electron chi connectivity index (χ1n) is 39.6. The van der Waals surface area contributed by atoms with Crippen molar-refractivity contribution in [1.82, 2.24) is 39.1 Å². The second-order valence-electron chi connectivity index (χ2n) is 31.1. The van der Waals surface area contributed by atoms with Crippen LogP contribution in [-0.4, -0.2) is 177 Å². The van der Waals surface area contributed by atoms with Gasteiger partial charge in [-0.3, -0.25) is 48.8 Å². The predicted octanol–water partition coefficient (Wildman–Crippen LogP) is 20.7. The first-order valence-corrected chi connectivity index (χ1v) is 43.2. The van der Waals surface area contributed by atoms with E-state index in [4.69, 9.17) is 127 Å². The van der Waals surface area contributed by atoms with Crippen molar-refractivity contribution < 1.29 is 65.0 Å². The first-order chi connectivity index (χ1) is 61.2. The molecule has 27 nitrogen and oxygen atoms in total. The van der Waals surface area contributed by atoms with Crippen LogP contribution in [0.1, 0.15) is 152 Å². The summed E-state index contributed by atoms with van der Waals surface area (Å²) in [5.74, 6) is -4.43. The molecule has 12 aromatic rings. The van der Waals surface area contributed by atoms with Crippen molar-refractivity contribution in [2.45, 2.75) is 93.4 Å². The number of carboxylic acid groups (broad SMARTS) is 4. The van der Waals surface area contributed by atoms with Crippen molar-refractivity contribution in [3.8, 4) is 68.0 Å². The number of aromatic carboxylic acids is 4. The Balaban J connectivity index is 0.000000195. The average Bonchev–Trinajstić information content (AvgIpc) is 1.65. The summed E-state index contributed by atoms with van der Waals surface area (Å²) in [6.45, 7) is 18.4. The maximum Gasteiger partial charge on any atom is 0.342 e. The molecule has 8 N–H and O–H groups in total. The Labute approximate surface area is 795 Å². The Bertz CT molecular complexity index is 6550. The Hall–Kier alpha value is -12.4. The fourth-order valence-corrected chi connectivity index (χ4v) is 15.4. The fraction of sp³-hybridized carbons (Fsp3) is 0.234. The molecule has 0 bridgehead atoms. The molecule has 0 aliphatic heterocycles. The second-order valence-corrected chi connectivity index (χ2v) is 35.5. The number of aliphatic imine (C=N–C) groups is 4. The first kappa shape index (κ1) is 101. The molecule has 36 heteroatoms. The molecule has 0 saturated carbocycles. The molecule has 0 aliphatic carbocycles. The van der Waals surface area contributed by atoms with E-state index in [2.05, 4.69) is 73.3 Å². The summed E-state index contributed by atoms with van der Waals surface area (Å²) < 4.78 is 6.43.